The van der Waals surface area contributed by atoms with Gasteiger partial charge in [0.1, 0.15) is 30.0 Å². The first-order chi connectivity index (χ1) is 11.4. The average molecular weight is 358 g/mol. The molecule has 1 aromatic carbocycles. The molecule has 5 atom stereocenters. The Morgan fingerprint density at radius 1 is 1.08 bits per heavy atom. The molecule has 10 heteroatoms. The number of phenols is 1. The van der Waals surface area contributed by atoms with Gasteiger partial charge < -0.3 is 44.9 Å². The fourth-order valence-electron chi connectivity index (χ4n) is 2.47. The Hall–Kier alpha value is -2.21. The van der Waals surface area contributed by atoms with Crippen LogP contribution >= 0.6 is 0 Å². The number of aliphatic hydroxyl groups is 4. The summed E-state index contributed by atoms with van der Waals surface area (Å²) in [5.74, 6) is -0.477. The van der Waals surface area contributed by atoms with Crippen molar-refractivity contribution in [3.05, 3.63) is 34.7 Å². The molecule has 7 N–H and O–H groups in total. The first-order valence-electron chi connectivity index (χ1n) is 7.15. The largest absolute Gasteiger partial charge is 0.504 e. The lowest BCUT2D eigenvalue weighted by Gasteiger charge is -2.39. The molecule has 0 aliphatic carbocycles. The van der Waals surface area contributed by atoms with Crippen LogP contribution in [0.15, 0.2) is 33.5 Å². The molecule has 1 aliphatic rings. The molecule has 0 unspecified atom stereocenters. The molecule has 25 heavy (non-hydrogen) atoms. The van der Waals surface area contributed by atoms with E-state index in [1.807, 2.05) is 0 Å². The van der Waals surface area contributed by atoms with Crippen LogP contribution in [0.25, 0.3) is 11.0 Å². The van der Waals surface area contributed by atoms with Crippen LogP contribution in [0.4, 0.5) is 0 Å². The zero-order valence-electron chi connectivity index (χ0n) is 12.8. The first-order valence-corrected chi connectivity index (χ1v) is 7.15. The van der Waals surface area contributed by atoms with Gasteiger partial charge in [0.15, 0.2) is 11.5 Å². The number of hydrogen-bond acceptors (Lipinski definition) is 9. The second kappa shape index (κ2) is 7.35. The summed E-state index contributed by atoms with van der Waals surface area (Å²) in [6, 6.07) is 5.17. The molecule has 0 bridgehead atoms. The van der Waals surface area contributed by atoms with Crippen molar-refractivity contribution in [2.45, 2.75) is 30.7 Å². The summed E-state index contributed by atoms with van der Waals surface area (Å²) in [5.41, 5.74) is -0.439. The molecule has 138 valence electrons. The normalized spacial score (nSPS) is 29.2. The number of aliphatic hydroxyl groups excluding tert-OH is 4. The molecule has 0 amide bonds. The van der Waals surface area contributed by atoms with Gasteiger partial charge in [-0.15, -0.1) is 0 Å². The molecule has 1 aromatic heterocycles. The van der Waals surface area contributed by atoms with E-state index in [-0.39, 0.29) is 22.6 Å². The molecule has 0 saturated carbocycles. The summed E-state index contributed by atoms with van der Waals surface area (Å²) in [7, 11) is 0. The first kappa shape index (κ1) is 19.1. The minimum absolute atomic E-state index is 0. The number of aromatic hydroxyl groups is 1. The Morgan fingerprint density at radius 3 is 2.48 bits per heavy atom. The number of benzene rings is 1. The van der Waals surface area contributed by atoms with Crippen LogP contribution in [0.5, 0.6) is 11.5 Å². The third-order valence-corrected chi connectivity index (χ3v) is 3.79. The van der Waals surface area contributed by atoms with Gasteiger partial charge in [-0.3, -0.25) is 0 Å². The third kappa shape index (κ3) is 3.58. The van der Waals surface area contributed by atoms with Crippen LogP contribution in [0.1, 0.15) is 0 Å². The van der Waals surface area contributed by atoms with Crippen LogP contribution in [-0.2, 0) is 4.74 Å². The highest BCUT2D eigenvalue weighted by atomic mass is 16.7. The Bertz CT molecular complexity index is 785. The SMILES string of the molecule is O.O=c1ccc2cc(O[C@@H]3O[C@@H](CO)[C@H](O)[C@@H](O)[C@@H]3O)c(O)cc2o1. The smallest absolute Gasteiger partial charge is 0.336 e. The topological polar surface area (TPSA) is 181 Å². The second-order valence-corrected chi connectivity index (χ2v) is 5.43. The highest BCUT2D eigenvalue weighted by Gasteiger charge is 2.44. The van der Waals surface area contributed by atoms with Gasteiger partial charge in [0, 0.05) is 17.5 Å². The van der Waals surface area contributed by atoms with Gasteiger partial charge in [-0.05, 0) is 12.1 Å². The van der Waals surface area contributed by atoms with Crippen molar-refractivity contribution in [3.63, 3.8) is 0 Å². The molecule has 1 fully saturated rings. The summed E-state index contributed by atoms with van der Waals surface area (Å²) >= 11 is 0. The lowest BCUT2D eigenvalue weighted by molar-refractivity contribution is -0.277. The summed E-state index contributed by atoms with van der Waals surface area (Å²) in [6.07, 6.45) is -7.27. The highest BCUT2D eigenvalue weighted by Crippen LogP contribution is 2.33. The van der Waals surface area contributed by atoms with Crippen molar-refractivity contribution < 1.29 is 44.9 Å². The molecule has 10 nitrogen and oxygen atoms in total. The van der Waals surface area contributed by atoms with Crippen LogP contribution in [0.2, 0.25) is 0 Å². The Kier molecular flexibility index (Phi) is 5.62. The third-order valence-electron chi connectivity index (χ3n) is 3.79. The fraction of sp³-hybridized carbons (Fsp3) is 0.400. The van der Waals surface area contributed by atoms with E-state index in [1.165, 1.54) is 18.2 Å². The van der Waals surface area contributed by atoms with Gasteiger partial charge in [-0.1, -0.05) is 0 Å². The predicted molar refractivity (Wildman–Crippen MR) is 82.2 cm³/mol. The fourth-order valence-corrected chi connectivity index (χ4v) is 2.47. The van der Waals surface area contributed by atoms with E-state index < -0.39 is 42.9 Å². The maximum atomic E-state index is 11.2. The van der Waals surface area contributed by atoms with Gasteiger partial charge >= 0.3 is 5.63 Å². The van der Waals surface area contributed by atoms with E-state index in [9.17, 15) is 25.2 Å². The number of ether oxygens (including phenoxy) is 2. The van der Waals surface area contributed by atoms with E-state index in [0.717, 1.165) is 6.07 Å². The molecule has 1 saturated heterocycles. The monoisotopic (exact) mass is 358 g/mol. The summed E-state index contributed by atoms with van der Waals surface area (Å²) in [5, 5.41) is 49.0. The van der Waals surface area contributed by atoms with Gasteiger partial charge in [-0.25, -0.2) is 4.79 Å². The molecule has 0 spiro atoms. The zero-order chi connectivity index (χ0) is 17.4. The average Bonchev–Trinajstić information content (AvgIpc) is 2.56. The van der Waals surface area contributed by atoms with Gasteiger partial charge in [0.2, 0.25) is 6.29 Å². The summed E-state index contributed by atoms with van der Waals surface area (Å²) in [4.78, 5) is 11.2. The lowest BCUT2D eigenvalue weighted by atomic mass is 9.99. The van der Waals surface area contributed by atoms with E-state index >= 15 is 0 Å². The molecule has 2 aromatic rings. The highest BCUT2D eigenvalue weighted by molar-refractivity contribution is 5.80. The molecule has 3 rings (SSSR count). The molecular weight excluding hydrogens is 340 g/mol. The zero-order valence-corrected chi connectivity index (χ0v) is 12.8. The van der Waals surface area contributed by atoms with Crippen LogP contribution < -0.4 is 10.4 Å². The van der Waals surface area contributed by atoms with E-state index in [2.05, 4.69) is 0 Å². The van der Waals surface area contributed by atoms with E-state index in [0.29, 0.717) is 5.39 Å². The Labute approximate surface area is 140 Å². The van der Waals surface area contributed by atoms with Crippen molar-refractivity contribution in [1.82, 2.24) is 0 Å². The molecular formula is C15H18O10. The van der Waals surface area contributed by atoms with Crippen molar-refractivity contribution in [3.8, 4) is 11.5 Å². The Morgan fingerprint density at radius 2 is 1.80 bits per heavy atom. The van der Waals surface area contributed by atoms with Gasteiger partial charge in [0.25, 0.3) is 0 Å². The minimum atomic E-state index is -1.60. The Balaban J connectivity index is 0.00000225. The van der Waals surface area contributed by atoms with Crippen LogP contribution in [-0.4, -0.2) is 68.3 Å². The van der Waals surface area contributed by atoms with Gasteiger partial charge in [0.05, 0.1) is 6.61 Å². The number of rotatable bonds is 3. The summed E-state index contributed by atoms with van der Waals surface area (Å²) < 4.78 is 15.5. The van der Waals surface area contributed by atoms with Crippen molar-refractivity contribution >= 4 is 11.0 Å². The maximum Gasteiger partial charge on any atom is 0.336 e. The van der Waals surface area contributed by atoms with E-state index in [1.54, 1.807) is 0 Å². The lowest BCUT2D eigenvalue weighted by Crippen LogP contribution is -2.60. The molecule has 1 aliphatic heterocycles. The van der Waals surface area contributed by atoms with Crippen LogP contribution in [0.3, 0.4) is 0 Å². The van der Waals surface area contributed by atoms with E-state index in [4.69, 9.17) is 19.0 Å². The van der Waals surface area contributed by atoms with Crippen molar-refractivity contribution in [2.75, 3.05) is 6.61 Å². The second-order valence-electron chi connectivity index (χ2n) is 5.43. The maximum absolute atomic E-state index is 11.2. The number of fused-ring (bicyclic) bond motifs is 1. The van der Waals surface area contributed by atoms with Crippen LogP contribution in [0, 0.1) is 0 Å². The summed E-state index contributed by atoms with van der Waals surface area (Å²) in [6.45, 7) is -0.598. The number of hydrogen-bond donors (Lipinski definition) is 5. The predicted octanol–water partition coefficient (Wildman–Crippen LogP) is -2.15. The standard InChI is InChI=1S/C15H16O9.H2O/c16-5-10-12(19)13(20)14(21)15(24-10)23-9-3-6-1-2-11(18)22-8(6)4-7(9)17;/h1-4,10,12-17,19-21H,5H2;1H2/t10-,12-,13+,14-,15+;/m0./s1. The van der Waals surface area contributed by atoms with Crippen molar-refractivity contribution in [1.29, 1.82) is 0 Å². The quantitative estimate of drug-likeness (QED) is 0.382. The van der Waals surface area contributed by atoms with Crippen molar-refractivity contribution in [2.24, 2.45) is 0 Å². The minimum Gasteiger partial charge on any atom is -0.504 e. The molecule has 0 radical (unpaired) electrons. The number of phenolic OH excluding ortho intramolecular Hbond substituents is 1. The molecule has 2 heterocycles. The van der Waals surface area contributed by atoms with Gasteiger partial charge in [-0.2, -0.15) is 0 Å².